The second-order valence-electron chi connectivity index (χ2n) is 16.3. The third-order valence-electron chi connectivity index (χ3n) is 11.3. The van der Waals surface area contributed by atoms with Gasteiger partial charge in [-0.1, -0.05) is 72.8 Å². The molecular formula is C51H55N4O10P. The monoisotopic (exact) mass is 914 g/mol. The summed E-state index contributed by atoms with van der Waals surface area (Å²) < 4.78 is 46.7. The summed E-state index contributed by atoms with van der Waals surface area (Å²) >= 11 is 0. The Morgan fingerprint density at radius 2 is 1.42 bits per heavy atom. The van der Waals surface area contributed by atoms with Crippen LogP contribution in [0.15, 0.2) is 121 Å². The summed E-state index contributed by atoms with van der Waals surface area (Å²) in [6.07, 6.45) is -1.92. The Hall–Kier alpha value is -6.17. The van der Waals surface area contributed by atoms with Crippen LogP contribution in [0.25, 0.3) is 0 Å². The van der Waals surface area contributed by atoms with Crippen LogP contribution in [0.3, 0.4) is 0 Å². The number of imide groups is 1. The van der Waals surface area contributed by atoms with E-state index in [1.165, 1.54) is 6.07 Å². The second kappa shape index (κ2) is 21.9. The van der Waals surface area contributed by atoms with Crippen molar-refractivity contribution in [3.63, 3.8) is 0 Å². The van der Waals surface area contributed by atoms with E-state index in [-0.39, 0.29) is 61.6 Å². The maximum absolute atomic E-state index is 13.6. The molecule has 1 fully saturated rings. The van der Waals surface area contributed by atoms with E-state index in [1.54, 1.807) is 44.6 Å². The van der Waals surface area contributed by atoms with Crippen molar-refractivity contribution in [3.05, 3.63) is 155 Å². The molecule has 0 aliphatic carbocycles. The molecule has 2 N–H and O–H groups in total. The summed E-state index contributed by atoms with van der Waals surface area (Å²) in [4.78, 5) is 40.1. The van der Waals surface area contributed by atoms with E-state index in [9.17, 15) is 19.6 Å². The van der Waals surface area contributed by atoms with Crippen LogP contribution < -0.4 is 24.8 Å². The van der Waals surface area contributed by atoms with Gasteiger partial charge in [-0.05, 0) is 98.5 Å². The first-order valence-electron chi connectivity index (χ1n) is 21.9. The lowest BCUT2D eigenvalue weighted by Gasteiger charge is -2.39. The van der Waals surface area contributed by atoms with Crippen LogP contribution >= 0.6 is 8.53 Å². The first-order chi connectivity index (χ1) is 31.9. The van der Waals surface area contributed by atoms with Gasteiger partial charge in [-0.3, -0.25) is 19.7 Å². The van der Waals surface area contributed by atoms with Gasteiger partial charge in [0.25, 0.3) is 26.2 Å². The number of rotatable bonds is 21. The van der Waals surface area contributed by atoms with E-state index in [0.29, 0.717) is 22.8 Å². The first kappa shape index (κ1) is 47.8. The molecule has 0 radical (unpaired) electrons. The number of benzene rings is 5. The SMILES string of the molecule is COc1ccc(C(OC[C@H]2O[C@@H](c3cc(NC(=O)COc4ccccc4)cc4c3C(=O)NC4=O)C[C@@H]2OP(OCCC#N)N(C(C)C)C(C)C)(c2ccccc2)c2ccc(OC)cc2)cc1. The number of hydrogen-bond acceptors (Lipinski definition) is 12. The van der Waals surface area contributed by atoms with E-state index < -0.39 is 50.2 Å². The highest BCUT2D eigenvalue weighted by Gasteiger charge is 2.46. The highest BCUT2D eigenvalue weighted by atomic mass is 31.2. The van der Waals surface area contributed by atoms with Crippen molar-refractivity contribution in [2.45, 2.75) is 76.5 Å². The van der Waals surface area contributed by atoms with Crippen LogP contribution in [0.2, 0.25) is 0 Å². The molecule has 66 heavy (non-hydrogen) atoms. The number of hydrogen-bond donors (Lipinski definition) is 2. The van der Waals surface area contributed by atoms with Gasteiger partial charge >= 0.3 is 0 Å². The smallest absolute Gasteiger partial charge is 0.262 e. The quantitative estimate of drug-likeness (QED) is 0.0311. The molecule has 14 nitrogen and oxygen atoms in total. The number of carbonyl (C=O) groups excluding carboxylic acids is 3. The molecule has 2 aliphatic heterocycles. The highest BCUT2D eigenvalue weighted by Crippen LogP contribution is 2.52. The normalized spacial score (nSPS) is 17.4. The van der Waals surface area contributed by atoms with Gasteiger partial charge < -0.3 is 38.0 Å². The maximum atomic E-state index is 13.6. The van der Waals surface area contributed by atoms with E-state index in [0.717, 1.165) is 16.7 Å². The van der Waals surface area contributed by atoms with Crippen LogP contribution in [0.1, 0.15) is 89.6 Å². The fourth-order valence-corrected chi connectivity index (χ4v) is 10.1. The molecule has 2 heterocycles. The van der Waals surface area contributed by atoms with Gasteiger partial charge in [-0.15, -0.1) is 0 Å². The average molecular weight is 915 g/mol. The third kappa shape index (κ3) is 10.7. The lowest BCUT2D eigenvalue weighted by atomic mass is 9.80. The number of fused-ring (bicyclic) bond motifs is 1. The molecule has 1 saturated heterocycles. The molecule has 2 aliphatic rings. The Kier molecular flexibility index (Phi) is 15.8. The van der Waals surface area contributed by atoms with Crippen molar-refractivity contribution in [1.29, 1.82) is 5.26 Å². The summed E-state index contributed by atoms with van der Waals surface area (Å²) in [6, 6.07) is 39.6. The van der Waals surface area contributed by atoms with Gasteiger partial charge in [-0.25, -0.2) is 4.67 Å². The Morgan fingerprint density at radius 1 is 0.833 bits per heavy atom. The number of para-hydroxylation sites is 1. The zero-order valence-electron chi connectivity index (χ0n) is 37.9. The molecule has 5 aromatic rings. The zero-order chi connectivity index (χ0) is 46.8. The van der Waals surface area contributed by atoms with Crippen LogP contribution in [0.5, 0.6) is 17.2 Å². The second-order valence-corrected chi connectivity index (χ2v) is 17.7. The Morgan fingerprint density at radius 3 is 2.00 bits per heavy atom. The van der Waals surface area contributed by atoms with Crippen molar-refractivity contribution >= 4 is 31.9 Å². The number of ether oxygens (including phenoxy) is 5. The lowest BCUT2D eigenvalue weighted by Crippen LogP contribution is -2.39. The van der Waals surface area contributed by atoms with Gasteiger partial charge in [-0.2, -0.15) is 5.26 Å². The molecule has 15 heteroatoms. The van der Waals surface area contributed by atoms with Crippen molar-refractivity contribution < 1.29 is 47.1 Å². The fraction of sp³-hybridized carbons (Fsp3) is 0.333. The molecule has 344 valence electrons. The Balaban J connectivity index is 1.30. The summed E-state index contributed by atoms with van der Waals surface area (Å²) in [5.74, 6) is 0.230. The topological polar surface area (TPSA) is 167 Å². The number of methoxy groups -OCH3 is 2. The predicted octanol–water partition coefficient (Wildman–Crippen LogP) is 9.10. The zero-order valence-corrected chi connectivity index (χ0v) is 38.8. The van der Waals surface area contributed by atoms with Gasteiger partial charge in [0.1, 0.15) is 29.0 Å². The van der Waals surface area contributed by atoms with Crippen LogP contribution in [-0.4, -0.2) is 80.7 Å². The fourth-order valence-electron chi connectivity index (χ4n) is 8.39. The van der Waals surface area contributed by atoms with E-state index >= 15 is 0 Å². The van der Waals surface area contributed by atoms with Gasteiger partial charge in [0.05, 0.1) is 63.3 Å². The molecule has 0 saturated carbocycles. The summed E-state index contributed by atoms with van der Waals surface area (Å²) in [7, 11) is 1.46. The molecule has 1 unspecified atom stereocenters. The first-order valence-corrected chi connectivity index (χ1v) is 23.0. The largest absolute Gasteiger partial charge is 0.497 e. The van der Waals surface area contributed by atoms with Crippen LogP contribution in [0, 0.1) is 11.3 Å². The molecular weight excluding hydrogens is 860 g/mol. The number of amides is 3. The van der Waals surface area contributed by atoms with E-state index in [4.69, 9.17) is 32.7 Å². The molecule has 0 bridgehead atoms. The minimum atomic E-state index is -1.77. The van der Waals surface area contributed by atoms with Crippen molar-refractivity contribution in [2.75, 3.05) is 39.4 Å². The third-order valence-corrected chi connectivity index (χ3v) is 13.5. The number of carbonyl (C=O) groups is 3. The van der Waals surface area contributed by atoms with Crippen molar-refractivity contribution in [2.24, 2.45) is 0 Å². The summed E-state index contributed by atoms with van der Waals surface area (Å²) in [5, 5.41) is 14.7. The molecule has 3 amide bonds. The lowest BCUT2D eigenvalue weighted by molar-refractivity contribution is -0.118. The number of nitrogens with one attached hydrogen (secondary N) is 2. The van der Waals surface area contributed by atoms with E-state index in [2.05, 4.69) is 49.1 Å². The molecule has 4 atom stereocenters. The van der Waals surface area contributed by atoms with Crippen LogP contribution in [-0.2, 0) is 28.9 Å². The minimum absolute atomic E-state index is 0.00558. The number of anilines is 1. The maximum Gasteiger partial charge on any atom is 0.262 e. The highest BCUT2D eigenvalue weighted by molar-refractivity contribution is 7.44. The molecule has 0 spiro atoms. The minimum Gasteiger partial charge on any atom is -0.497 e. The van der Waals surface area contributed by atoms with Crippen molar-refractivity contribution in [1.82, 2.24) is 9.99 Å². The van der Waals surface area contributed by atoms with Gasteiger partial charge in [0, 0.05) is 24.2 Å². The molecule has 5 aromatic carbocycles. The Labute approximate surface area is 387 Å². The summed E-state index contributed by atoms with van der Waals surface area (Å²) in [5.41, 5.74) is 2.19. The number of nitrogens with zero attached hydrogens (tertiary/aromatic N) is 2. The summed E-state index contributed by atoms with van der Waals surface area (Å²) in [6.45, 7) is 8.06. The predicted molar refractivity (Wildman–Crippen MR) is 249 cm³/mol. The molecule has 0 aromatic heterocycles. The standard InChI is InChI=1S/C51H55N4O10P/c1-33(2)55(34(3)4)66(63-27-13-26-52)65-45-30-44(42-28-38(29-43-48(42)50(58)54-49(43)57)53-47(56)32-61-41-16-11-8-12-17-41)64-46(45)31-62-51(35-14-9-7-10-15-35,36-18-22-39(59-5)23-19-36)37-20-24-40(60-6)25-21-37/h7-12,14-25,28-29,33-34,44-46H,13,27,30-32H2,1-6H3,(H,53,56)(H,54,57,58)/t44-,45+,46-,66?/m1/s1. The number of nitriles is 1. The average Bonchev–Trinajstić information content (AvgIpc) is 3.86. The van der Waals surface area contributed by atoms with Gasteiger partial charge in [0.2, 0.25) is 0 Å². The Bertz CT molecular complexity index is 2430. The van der Waals surface area contributed by atoms with Crippen LogP contribution in [0.4, 0.5) is 5.69 Å². The molecule has 7 rings (SSSR count). The van der Waals surface area contributed by atoms with Crippen molar-refractivity contribution in [3.8, 4) is 23.3 Å². The van der Waals surface area contributed by atoms with E-state index in [1.807, 2.05) is 84.9 Å². The van der Waals surface area contributed by atoms with Gasteiger partial charge in [0.15, 0.2) is 6.61 Å².